The Kier molecular flexibility index (Phi) is 10.9. The number of nitrogens with two attached hydrogens (primary N) is 6. The summed E-state index contributed by atoms with van der Waals surface area (Å²) in [5.74, 6) is 0. The fourth-order valence-electron chi connectivity index (χ4n) is 5.50. The van der Waals surface area contributed by atoms with Crippen LogP contribution in [0.5, 0.6) is 0 Å². The summed E-state index contributed by atoms with van der Waals surface area (Å²) in [5, 5.41) is 72.4. The highest BCUT2D eigenvalue weighted by Gasteiger charge is 2.54. The van der Waals surface area contributed by atoms with E-state index in [9.17, 15) is 35.7 Å². The van der Waals surface area contributed by atoms with E-state index in [0.29, 0.717) is 0 Å². The van der Waals surface area contributed by atoms with E-state index in [1.54, 1.807) is 0 Å². The summed E-state index contributed by atoms with van der Waals surface area (Å²) >= 11 is 0. The standard InChI is InChI=1S/C22H44N6O13/c23-2-6-11(31)12(32)8(26)20(36-6)38-16-5(25)1-4(24)10(30)18(16)40-22-15(35)17(7(3-29)37-22)39-21-9(27)13(33)14(34)19(28)41-21/h4-22,29-35H,1-3,23-28H2/t4-,5+,6-,7-,8?,9?,10?,11?,12-,13-,14?,15?,16?,17?,18-,19?,20?,21+,22+/m1/s1. The van der Waals surface area contributed by atoms with Crippen LogP contribution in [0.25, 0.3) is 0 Å². The summed E-state index contributed by atoms with van der Waals surface area (Å²) in [4.78, 5) is 0. The Hall–Kier alpha value is -0.760. The summed E-state index contributed by atoms with van der Waals surface area (Å²) in [5.41, 5.74) is 35.6. The minimum atomic E-state index is -1.61. The second kappa shape index (κ2) is 13.5. The monoisotopic (exact) mass is 600 g/mol. The van der Waals surface area contributed by atoms with Crippen molar-refractivity contribution >= 4 is 0 Å². The zero-order valence-electron chi connectivity index (χ0n) is 22.1. The lowest BCUT2D eigenvalue weighted by atomic mass is 9.84. The highest BCUT2D eigenvalue weighted by Crippen LogP contribution is 2.34. The van der Waals surface area contributed by atoms with Crippen LogP contribution < -0.4 is 34.4 Å². The second-order valence-electron chi connectivity index (χ2n) is 10.9. The van der Waals surface area contributed by atoms with Crippen molar-refractivity contribution in [2.75, 3.05) is 13.2 Å². The fraction of sp³-hybridized carbons (Fsp3) is 1.00. The van der Waals surface area contributed by atoms with Crippen molar-refractivity contribution in [1.82, 2.24) is 0 Å². The fourth-order valence-corrected chi connectivity index (χ4v) is 5.50. The molecule has 19 atom stereocenters. The van der Waals surface area contributed by atoms with Crippen molar-refractivity contribution in [3.05, 3.63) is 0 Å². The summed E-state index contributed by atoms with van der Waals surface area (Å²) in [6, 6.07) is -4.21. The normalized spacial score (nSPS) is 54.8. The second-order valence-corrected chi connectivity index (χ2v) is 10.9. The molecule has 1 aliphatic carbocycles. The molecule has 3 saturated heterocycles. The van der Waals surface area contributed by atoms with Crippen molar-refractivity contribution in [1.29, 1.82) is 0 Å². The maximum atomic E-state index is 11.0. The molecule has 19 nitrogen and oxygen atoms in total. The van der Waals surface area contributed by atoms with Crippen LogP contribution in [0.15, 0.2) is 0 Å². The van der Waals surface area contributed by atoms with Crippen LogP contribution in [0.3, 0.4) is 0 Å². The van der Waals surface area contributed by atoms with Crippen LogP contribution >= 0.6 is 0 Å². The van der Waals surface area contributed by atoms with E-state index in [2.05, 4.69) is 0 Å². The number of ether oxygens (including phenoxy) is 6. The number of hydrogen-bond acceptors (Lipinski definition) is 19. The Balaban J connectivity index is 1.49. The van der Waals surface area contributed by atoms with Gasteiger partial charge in [0.05, 0.1) is 24.8 Å². The molecule has 10 unspecified atom stereocenters. The van der Waals surface area contributed by atoms with Gasteiger partial charge in [-0.05, 0) is 6.42 Å². The van der Waals surface area contributed by atoms with E-state index in [-0.39, 0.29) is 13.0 Å². The van der Waals surface area contributed by atoms with Gasteiger partial charge in [0, 0.05) is 18.6 Å². The van der Waals surface area contributed by atoms with Gasteiger partial charge in [-0.15, -0.1) is 0 Å². The van der Waals surface area contributed by atoms with Gasteiger partial charge in [-0.3, -0.25) is 0 Å². The Morgan fingerprint density at radius 1 is 0.561 bits per heavy atom. The largest absolute Gasteiger partial charge is 0.394 e. The predicted molar refractivity (Wildman–Crippen MR) is 133 cm³/mol. The Morgan fingerprint density at radius 2 is 1.10 bits per heavy atom. The molecule has 0 aromatic heterocycles. The molecule has 0 spiro atoms. The van der Waals surface area contributed by atoms with Gasteiger partial charge in [0.2, 0.25) is 0 Å². The molecule has 4 rings (SSSR count). The third kappa shape index (κ3) is 6.54. The number of aliphatic hydroxyl groups is 7. The topological polar surface area (TPSA) is 353 Å². The summed E-state index contributed by atoms with van der Waals surface area (Å²) in [7, 11) is 0. The van der Waals surface area contributed by atoms with Crippen molar-refractivity contribution in [3.63, 3.8) is 0 Å². The molecule has 0 aromatic rings. The van der Waals surface area contributed by atoms with Crippen LogP contribution in [0.4, 0.5) is 0 Å². The van der Waals surface area contributed by atoms with E-state index in [1.165, 1.54) is 0 Å². The van der Waals surface area contributed by atoms with Crippen molar-refractivity contribution in [3.8, 4) is 0 Å². The van der Waals surface area contributed by atoms with Crippen LogP contribution in [0, 0.1) is 0 Å². The molecule has 41 heavy (non-hydrogen) atoms. The SMILES string of the molecule is NC[C@H]1OC(OC2[C@H](O[C@@H]3O[C@H](CO)C(O[C@H]4OC(N)C(O)[C@H](O)C4N)C3O)C(O)[C@H](N)C[C@@H]2N)C(N)[C@@H](O)C1O. The van der Waals surface area contributed by atoms with Crippen molar-refractivity contribution < 1.29 is 64.2 Å². The van der Waals surface area contributed by atoms with E-state index in [1.807, 2.05) is 0 Å². The van der Waals surface area contributed by atoms with E-state index >= 15 is 0 Å². The third-order valence-corrected chi connectivity index (χ3v) is 8.08. The molecule has 3 heterocycles. The molecule has 19 N–H and O–H groups in total. The average molecular weight is 601 g/mol. The van der Waals surface area contributed by atoms with Gasteiger partial charge in [0.15, 0.2) is 18.9 Å². The minimum absolute atomic E-state index is 0.0869. The molecule has 0 bridgehead atoms. The summed E-state index contributed by atoms with van der Waals surface area (Å²) in [6.07, 6.45) is -20.4. The van der Waals surface area contributed by atoms with Crippen LogP contribution in [-0.2, 0) is 28.4 Å². The lowest BCUT2D eigenvalue weighted by Gasteiger charge is -2.47. The molecule has 0 aromatic carbocycles. The quantitative estimate of drug-likeness (QED) is 0.123. The molecule has 19 heteroatoms. The molecule has 0 amide bonds. The van der Waals surface area contributed by atoms with Gasteiger partial charge < -0.3 is 98.6 Å². The van der Waals surface area contributed by atoms with Crippen LogP contribution in [0.2, 0.25) is 0 Å². The van der Waals surface area contributed by atoms with Crippen LogP contribution in [-0.4, -0.2) is 165 Å². The number of hydrogen-bond donors (Lipinski definition) is 13. The highest BCUT2D eigenvalue weighted by atomic mass is 16.8. The maximum absolute atomic E-state index is 11.0. The van der Waals surface area contributed by atoms with Gasteiger partial charge in [-0.2, -0.15) is 0 Å². The molecule has 4 fully saturated rings. The minimum Gasteiger partial charge on any atom is -0.394 e. The lowest BCUT2D eigenvalue weighted by molar-refractivity contribution is -0.307. The van der Waals surface area contributed by atoms with E-state index in [4.69, 9.17) is 62.8 Å². The first kappa shape index (κ1) is 33.1. The number of aliphatic hydroxyl groups excluding tert-OH is 7. The zero-order valence-corrected chi connectivity index (χ0v) is 22.1. The predicted octanol–water partition coefficient (Wildman–Crippen LogP) is -8.94. The van der Waals surface area contributed by atoms with E-state index < -0.39 is 123 Å². The summed E-state index contributed by atoms with van der Waals surface area (Å²) < 4.78 is 34.2. The Morgan fingerprint density at radius 3 is 1.71 bits per heavy atom. The van der Waals surface area contributed by atoms with Gasteiger partial charge in [-0.1, -0.05) is 0 Å². The maximum Gasteiger partial charge on any atom is 0.187 e. The third-order valence-electron chi connectivity index (χ3n) is 8.08. The lowest BCUT2D eigenvalue weighted by Crippen LogP contribution is -2.68. The first-order valence-electron chi connectivity index (χ1n) is 13.4. The summed E-state index contributed by atoms with van der Waals surface area (Å²) in [6.45, 7) is -0.811. The zero-order chi connectivity index (χ0) is 30.3. The van der Waals surface area contributed by atoms with Gasteiger partial charge >= 0.3 is 0 Å². The first-order chi connectivity index (χ1) is 19.3. The molecule has 240 valence electrons. The average Bonchev–Trinajstić information content (AvgIpc) is 3.24. The van der Waals surface area contributed by atoms with E-state index in [0.717, 1.165) is 0 Å². The number of rotatable bonds is 8. The smallest absolute Gasteiger partial charge is 0.187 e. The van der Waals surface area contributed by atoms with Gasteiger partial charge in [0.25, 0.3) is 0 Å². The highest BCUT2D eigenvalue weighted by molar-refractivity contribution is 5.02. The van der Waals surface area contributed by atoms with Crippen molar-refractivity contribution in [2.45, 2.75) is 123 Å². The molecule has 1 saturated carbocycles. The molecular formula is C22H44N6O13. The van der Waals surface area contributed by atoms with Gasteiger partial charge in [-0.25, -0.2) is 0 Å². The molecule has 3 aliphatic heterocycles. The van der Waals surface area contributed by atoms with Crippen LogP contribution in [0.1, 0.15) is 6.42 Å². The molecule has 0 radical (unpaired) electrons. The molecule has 4 aliphatic rings. The first-order valence-corrected chi connectivity index (χ1v) is 13.4. The Bertz CT molecular complexity index is 854. The van der Waals surface area contributed by atoms with Gasteiger partial charge in [0.1, 0.15) is 67.3 Å². The Labute approximate surface area is 235 Å². The molecular weight excluding hydrogens is 556 g/mol. The van der Waals surface area contributed by atoms with Crippen molar-refractivity contribution in [2.24, 2.45) is 34.4 Å².